The smallest absolute Gasteiger partial charge is 0.228 e. The number of nitrogens with zero attached hydrogens (tertiary/aromatic N) is 3. The van der Waals surface area contributed by atoms with E-state index in [1.807, 2.05) is 18.2 Å². The summed E-state index contributed by atoms with van der Waals surface area (Å²) in [5.41, 5.74) is 2.91. The van der Waals surface area contributed by atoms with E-state index >= 15 is 0 Å². The fourth-order valence-corrected chi connectivity index (χ4v) is 6.29. The van der Waals surface area contributed by atoms with Crippen LogP contribution < -0.4 is 0 Å². The average Bonchev–Trinajstić information content (AvgIpc) is 3.41. The first-order valence-electron chi connectivity index (χ1n) is 13.2. The molecule has 5 rings (SSSR count). The molecule has 1 unspecified atom stereocenters. The Morgan fingerprint density at radius 3 is 2.47 bits per heavy atom. The van der Waals surface area contributed by atoms with Crippen molar-refractivity contribution in [2.24, 2.45) is 5.41 Å². The maximum Gasteiger partial charge on any atom is 0.228 e. The van der Waals surface area contributed by atoms with Gasteiger partial charge >= 0.3 is 0 Å². The number of likely N-dealkylation sites (tertiary alicyclic amines) is 2. The largest absolute Gasteiger partial charge is 0.342 e. The van der Waals surface area contributed by atoms with E-state index in [4.69, 9.17) is 4.98 Å². The van der Waals surface area contributed by atoms with Gasteiger partial charge in [-0.2, -0.15) is 0 Å². The summed E-state index contributed by atoms with van der Waals surface area (Å²) in [6, 6.07) is 13.6. The van der Waals surface area contributed by atoms with E-state index in [1.165, 1.54) is 37.8 Å². The van der Waals surface area contributed by atoms with E-state index in [1.54, 1.807) is 0 Å². The van der Waals surface area contributed by atoms with Crippen LogP contribution in [0.2, 0.25) is 0 Å². The quantitative estimate of drug-likeness (QED) is 0.582. The highest BCUT2D eigenvalue weighted by molar-refractivity contribution is 5.82. The molecule has 1 atom stereocenters. The summed E-state index contributed by atoms with van der Waals surface area (Å²) in [5, 5.41) is 0. The van der Waals surface area contributed by atoms with Gasteiger partial charge in [-0.1, -0.05) is 38.0 Å². The third kappa shape index (κ3) is 5.19. The lowest BCUT2D eigenvalue weighted by Gasteiger charge is -2.44. The van der Waals surface area contributed by atoms with Crippen molar-refractivity contribution in [3.05, 3.63) is 65.2 Å². The summed E-state index contributed by atoms with van der Waals surface area (Å²) in [4.78, 5) is 23.4. The first kappa shape index (κ1) is 23.5. The predicted octanol–water partition coefficient (Wildman–Crippen LogP) is 5.56. The van der Waals surface area contributed by atoms with Gasteiger partial charge in [0.15, 0.2) is 0 Å². The van der Waals surface area contributed by atoms with Crippen molar-refractivity contribution in [2.75, 3.05) is 26.2 Å². The standard InChI is InChI=1S/C29H38FN3O/c1-29(15-18-32(19-16-29)26-8-2-3-9-26)28(34)33-17-5-6-23(21-33)27-10-4-7-25(31-27)20-22-11-13-24(30)14-12-22/h4,7,10-14,23,26H,2-3,5-6,8-9,15-21H2,1H3. The first-order valence-corrected chi connectivity index (χ1v) is 13.2. The lowest BCUT2D eigenvalue weighted by molar-refractivity contribution is -0.145. The number of halogens is 1. The van der Waals surface area contributed by atoms with Gasteiger partial charge in [0, 0.05) is 48.3 Å². The SMILES string of the molecule is CC1(C(=O)N2CCCC(c3cccc(Cc4ccc(F)cc4)n3)C2)CCN(C2CCCC2)CC1. The lowest BCUT2D eigenvalue weighted by Crippen LogP contribution is -2.52. The fourth-order valence-electron chi connectivity index (χ4n) is 6.29. The Morgan fingerprint density at radius 2 is 1.74 bits per heavy atom. The number of benzene rings is 1. The zero-order valence-electron chi connectivity index (χ0n) is 20.5. The number of hydrogen-bond acceptors (Lipinski definition) is 3. The van der Waals surface area contributed by atoms with E-state index in [0.29, 0.717) is 12.3 Å². The van der Waals surface area contributed by atoms with Crippen LogP contribution in [0.25, 0.3) is 0 Å². The van der Waals surface area contributed by atoms with E-state index in [-0.39, 0.29) is 17.2 Å². The van der Waals surface area contributed by atoms with Crippen LogP contribution in [0.15, 0.2) is 42.5 Å². The van der Waals surface area contributed by atoms with Crippen LogP contribution in [-0.2, 0) is 11.2 Å². The van der Waals surface area contributed by atoms with Gasteiger partial charge in [-0.05, 0) is 81.4 Å². The van der Waals surface area contributed by atoms with Gasteiger partial charge in [0.05, 0.1) is 0 Å². The maximum absolute atomic E-state index is 13.7. The van der Waals surface area contributed by atoms with Gasteiger partial charge in [0.25, 0.3) is 0 Å². The molecule has 34 heavy (non-hydrogen) atoms. The number of hydrogen-bond donors (Lipinski definition) is 0. The molecule has 5 heteroatoms. The van der Waals surface area contributed by atoms with Crippen molar-refractivity contribution in [3.8, 4) is 0 Å². The molecule has 3 aliphatic rings. The third-order valence-corrected chi connectivity index (χ3v) is 8.51. The highest BCUT2D eigenvalue weighted by Crippen LogP contribution is 2.38. The van der Waals surface area contributed by atoms with Crippen LogP contribution >= 0.6 is 0 Å². The van der Waals surface area contributed by atoms with Gasteiger partial charge in [0.2, 0.25) is 5.91 Å². The minimum atomic E-state index is -0.227. The fraction of sp³-hybridized carbons (Fsp3) is 0.586. The lowest BCUT2D eigenvalue weighted by atomic mass is 9.78. The Kier molecular flexibility index (Phi) is 7.01. The Balaban J connectivity index is 1.21. The van der Waals surface area contributed by atoms with Crippen LogP contribution in [0.1, 0.15) is 81.2 Å². The summed E-state index contributed by atoms with van der Waals surface area (Å²) in [5.74, 6) is 0.425. The van der Waals surface area contributed by atoms with Gasteiger partial charge in [-0.25, -0.2) is 4.39 Å². The summed E-state index contributed by atoms with van der Waals surface area (Å²) < 4.78 is 13.2. The molecule has 182 valence electrons. The summed E-state index contributed by atoms with van der Waals surface area (Å²) in [7, 11) is 0. The zero-order valence-corrected chi connectivity index (χ0v) is 20.5. The first-order chi connectivity index (χ1) is 16.5. The van der Waals surface area contributed by atoms with Crippen LogP contribution in [0, 0.1) is 11.2 Å². The molecule has 2 aromatic rings. The predicted molar refractivity (Wildman–Crippen MR) is 133 cm³/mol. The van der Waals surface area contributed by atoms with E-state index in [2.05, 4.69) is 28.9 Å². The number of piperidine rings is 2. The maximum atomic E-state index is 13.7. The van der Waals surface area contributed by atoms with Gasteiger partial charge < -0.3 is 9.80 Å². The number of pyridine rings is 1. The molecule has 1 aromatic heterocycles. The second-order valence-electron chi connectivity index (χ2n) is 11.0. The topological polar surface area (TPSA) is 36.4 Å². The minimum absolute atomic E-state index is 0.213. The molecular formula is C29H38FN3O. The molecule has 0 radical (unpaired) electrons. The molecule has 0 spiro atoms. The van der Waals surface area contributed by atoms with Crippen molar-refractivity contribution < 1.29 is 9.18 Å². The summed E-state index contributed by atoms with van der Waals surface area (Å²) in [6.07, 6.45) is 10.2. The Hall–Kier alpha value is -2.27. The van der Waals surface area contributed by atoms with Crippen LogP contribution in [0.5, 0.6) is 0 Å². The molecule has 1 amide bonds. The van der Waals surface area contributed by atoms with Crippen LogP contribution in [0.4, 0.5) is 4.39 Å². The average molecular weight is 464 g/mol. The molecule has 3 fully saturated rings. The monoisotopic (exact) mass is 463 g/mol. The van der Waals surface area contributed by atoms with E-state index in [0.717, 1.165) is 74.9 Å². The molecule has 3 heterocycles. The van der Waals surface area contributed by atoms with Crippen LogP contribution in [0.3, 0.4) is 0 Å². The molecule has 1 aliphatic carbocycles. The molecule has 0 bridgehead atoms. The summed E-state index contributed by atoms with van der Waals surface area (Å²) >= 11 is 0. The Bertz CT molecular complexity index is 977. The van der Waals surface area contributed by atoms with E-state index < -0.39 is 0 Å². The molecular weight excluding hydrogens is 425 g/mol. The highest BCUT2D eigenvalue weighted by atomic mass is 19.1. The zero-order chi connectivity index (χ0) is 23.5. The molecule has 2 saturated heterocycles. The number of carbonyl (C=O) groups is 1. The number of amides is 1. The minimum Gasteiger partial charge on any atom is -0.342 e. The second kappa shape index (κ2) is 10.2. The highest BCUT2D eigenvalue weighted by Gasteiger charge is 2.42. The van der Waals surface area contributed by atoms with Crippen molar-refractivity contribution in [2.45, 2.75) is 76.7 Å². The van der Waals surface area contributed by atoms with Crippen molar-refractivity contribution in [1.29, 1.82) is 0 Å². The van der Waals surface area contributed by atoms with Gasteiger partial charge in [-0.15, -0.1) is 0 Å². The molecule has 2 aliphatic heterocycles. The normalized spacial score (nSPS) is 23.8. The molecule has 1 saturated carbocycles. The van der Waals surface area contributed by atoms with Crippen molar-refractivity contribution in [3.63, 3.8) is 0 Å². The molecule has 4 nitrogen and oxygen atoms in total. The second-order valence-corrected chi connectivity index (χ2v) is 11.0. The summed E-state index contributed by atoms with van der Waals surface area (Å²) in [6.45, 7) is 5.97. The van der Waals surface area contributed by atoms with Gasteiger partial charge in [-0.3, -0.25) is 9.78 Å². The Labute approximate surface area is 203 Å². The van der Waals surface area contributed by atoms with Crippen LogP contribution in [-0.4, -0.2) is 52.9 Å². The Morgan fingerprint density at radius 1 is 1.00 bits per heavy atom. The van der Waals surface area contributed by atoms with E-state index in [9.17, 15) is 9.18 Å². The molecule has 0 N–H and O–H groups in total. The number of aromatic nitrogens is 1. The number of carbonyl (C=O) groups excluding carboxylic acids is 1. The van der Waals surface area contributed by atoms with Crippen molar-refractivity contribution in [1.82, 2.24) is 14.8 Å². The van der Waals surface area contributed by atoms with Gasteiger partial charge in [0.1, 0.15) is 5.82 Å². The van der Waals surface area contributed by atoms with Crippen molar-refractivity contribution >= 4 is 5.91 Å². The third-order valence-electron chi connectivity index (χ3n) is 8.51. The number of rotatable bonds is 5. The molecule has 1 aromatic carbocycles.